The van der Waals surface area contributed by atoms with Crippen molar-refractivity contribution in [2.75, 3.05) is 0 Å². The molecule has 0 heteroatoms. The molecule has 12 unspecified atom stereocenters. The maximum absolute atomic E-state index is 2.94. The van der Waals surface area contributed by atoms with E-state index in [0.717, 1.165) is 0 Å². The van der Waals surface area contributed by atoms with E-state index in [1.807, 2.05) is 0 Å². The van der Waals surface area contributed by atoms with Gasteiger partial charge in [-0.05, 0) is 119 Å². The molecule has 0 heterocycles. The van der Waals surface area contributed by atoms with Gasteiger partial charge in [0.1, 0.15) is 0 Å². The highest BCUT2D eigenvalue weighted by Crippen LogP contribution is 3.27. The Morgan fingerprint density at radius 3 is 0.271 bits per heavy atom. The van der Waals surface area contributed by atoms with Gasteiger partial charge in [0.15, 0.2) is 0 Å². The smallest absolute Gasteiger partial charge is 0.0130 e. The highest BCUT2D eigenvalue weighted by molar-refractivity contribution is 5.69. The first-order valence-corrected chi connectivity index (χ1v) is 20.8. The van der Waals surface area contributed by atoms with Crippen molar-refractivity contribution >= 4 is 0 Å². The summed E-state index contributed by atoms with van der Waals surface area (Å²) in [4.78, 5) is 0. The molecule has 9 rings (SSSR count). The molecule has 9 aliphatic carbocycles. The van der Waals surface area contributed by atoms with Gasteiger partial charge in [-0.15, -0.1) is 0 Å². The number of hydrogen-bond donors (Lipinski definition) is 0. The zero-order valence-electron chi connectivity index (χ0n) is 37.0. The van der Waals surface area contributed by atoms with E-state index in [0.29, 0.717) is 0 Å². The summed E-state index contributed by atoms with van der Waals surface area (Å²) >= 11 is 0. The lowest BCUT2D eigenvalue weighted by molar-refractivity contribution is -0.744. The molecule has 48 heavy (non-hydrogen) atoms. The summed E-state index contributed by atoms with van der Waals surface area (Å²) in [5.74, 6) is 0. The Bertz CT molecular complexity index is 1570. The maximum Gasteiger partial charge on any atom is -0.0130 e. The SMILES string of the molecule is CC1(C)C2(C)C3(C)C(C)(C)C4(C)C5(C)C(C)(C)C6(C)C(C)(C(C)(C)C7(C)C1(C)C1(C)C7(C)C7(C)C1(C)C1(C)C4(C)C5(C)C71C)C2(C)C36C. The first kappa shape index (κ1) is 32.6. The van der Waals surface area contributed by atoms with Crippen molar-refractivity contribution in [2.45, 2.75) is 180 Å². The van der Waals surface area contributed by atoms with Crippen LogP contribution < -0.4 is 0 Å². The minimum Gasteiger partial charge on any atom is -0.0588 e. The van der Waals surface area contributed by atoms with Gasteiger partial charge in [0.05, 0.1) is 0 Å². The van der Waals surface area contributed by atoms with Gasteiger partial charge in [0.2, 0.25) is 0 Å². The first-order valence-electron chi connectivity index (χ1n) is 20.8. The standard InChI is InChI=1S/C48H78/c1-27(2)31(9)32(10)28(3,4)37(15)38(16)30(7,8)34(12)33(11,39(31,17)40(32,34)18)29(5,6)36(14)35(27,13)41(19)42(36,20)46(24)45(41,23)47(25)43(37,21)44(38,22)48(46,47)26/h1-26H3. The summed E-state index contributed by atoms with van der Waals surface area (Å²) in [5.41, 5.74) is 3.82. The Balaban J connectivity index is 1.59. The molecule has 9 saturated carbocycles. The fourth-order valence-corrected chi connectivity index (χ4v) is 30.6. The third-order valence-corrected chi connectivity index (χ3v) is 33.0. The molecule has 0 amide bonds. The van der Waals surface area contributed by atoms with Crippen molar-refractivity contribution in [3.63, 3.8) is 0 Å². The molecular formula is C48H78. The molecule has 0 aromatic carbocycles. The molecule has 9 fully saturated rings. The molecule has 0 saturated heterocycles. The zero-order chi connectivity index (χ0) is 37.0. The highest BCUT2D eigenvalue weighted by Gasteiger charge is 3.24. The topological polar surface area (TPSA) is 0 Å². The number of fused-ring (bicyclic) bond motifs is 18. The van der Waals surface area contributed by atoms with E-state index in [-0.39, 0.29) is 119 Å². The second kappa shape index (κ2) is 5.71. The molecule has 9 aliphatic rings. The van der Waals surface area contributed by atoms with Crippen molar-refractivity contribution in [3.05, 3.63) is 0 Å². The summed E-state index contributed by atoms with van der Waals surface area (Å²) in [7, 11) is 0. The largest absolute Gasteiger partial charge is 0.0588 e. The fraction of sp³-hybridized carbons (Fsp3) is 1.00. The summed E-state index contributed by atoms with van der Waals surface area (Å²) < 4.78 is 0. The van der Waals surface area contributed by atoms with Crippen LogP contribution in [0, 0.1) is 119 Å². The van der Waals surface area contributed by atoms with Gasteiger partial charge in [0.25, 0.3) is 0 Å². The Morgan fingerprint density at radius 1 is 0.104 bits per heavy atom. The summed E-state index contributed by atoms with van der Waals surface area (Å²) in [6.07, 6.45) is 0. The predicted octanol–water partition coefficient (Wildman–Crippen LogP) is 13.3. The third-order valence-electron chi connectivity index (χ3n) is 33.0. The highest BCUT2D eigenvalue weighted by atomic mass is 15.3. The van der Waals surface area contributed by atoms with Gasteiger partial charge < -0.3 is 0 Å². The minimum absolute atomic E-state index is 0.109. The Labute approximate surface area is 298 Å². The van der Waals surface area contributed by atoms with Crippen molar-refractivity contribution in [2.24, 2.45) is 119 Å². The lowest BCUT2D eigenvalue weighted by Gasteiger charge is -3.20. The summed E-state index contributed by atoms with van der Waals surface area (Å²) in [5, 5.41) is 0. The molecule has 0 aromatic heterocycles. The van der Waals surface area contributed by atoms with Crippen LogP contribution in [0.1, 0.15) is 180 Å². The Kier molecular flexibility index (Phi) is 3.88. The minimum atomic E-state index is 0.109. The molecule has 12 atom stereocenters. The van der Waals surface area contributed by atoms with Crippen LogP contribution in [0.5, 0.6) is 0 Å². The van der Waals surface area contributed by atoms with Crippen LogP contribution in [-0.2, 0) is 0 Å². The van der Waals surface area contributed by atoms with Crippen LogP contribution in [-0.4, -0.2) is 0 Å². The number of hydrogen-bond acceptors (Lipinski definition) is 0. The van der Waals surface area contributed by atoms with Crippen molar-refractivity contribution < 1.29 is 0 Å². The van der Waals surface area contributed by atoms with E-state index in [1.165, 1.54) is 0 Å². The normalized spacial score (nSPS) is 81.6. The van der Waals surface area contributed by atoms with Gasteiger partial charge in [-0.3, -0.25) is 0 Å². The van der Waals surface area contributed by atoms with Crippen LogP contribution in [0.25, 0.3) is 0 Å². The molecular weight excluding hydrogens is 577 g/mol. The van der Waals surface area contributed by atoms with E-state index >= 15 is 0 Å². The van der Waals surface area contributed by atoms with Crippen LogP contribution in [0.2, 0.25) is 0 Å². The zero-order valence-corrected chi connectivity index (χ0v) is 37.0. The van der Waals surface area contributed by atoms with E-state index in [4.69, 9.17) is 0 Å². The second-order valence-corrected chi connectivity index (χ2v) is 26.8. The van der Waals surface area contributed by atoms with E-state index in [9.17, 15) is 0 Å². The molecule has 0 radical (unpaired) electrons. The van der Waals surface area contributed by atoms with Crippen LogP contribution in [0.15, 0.2) is 0 Å². The van der Waals surface area contributed by atoms with Gasteiger partial charge in [-0.2, -0.15) is 0 Å². The molecule has 0 spiro atoms. The third kappa shape index (κ3) is 1.20. The molecule has 270 valence electrons. The summed E-state index contributed by atoms with van der Waals surface area (Å²) in [6, 6.07) is 0. The van der Waals surface area contributed by atoms with Gasteiger partial charge in [-0.25, -0.2) is 0 Å². The molecule has 0 nitrogen and oxygen atoms in total. The molecule has 0 N–H and O–H groups in total. The predicted molar refractivity (Wildman–Crippen MR) is 201 cm³/mol. The monoisotopic (exact) mass is 655 g/mol. The van der Waals surface area contributed by atoms with Crippen molar-refractivity contribution in [1.82, 2.24) is 0 Å². The second-order valence-electron chi connectivity index (χ2n) is 26.8. The fourth-order valence-electron chi connectivity index (χ4n) is 30.6. The lowest BCUT2D eigenvalue weighted by atomic mass is 8.83. The van der Waals surface area contributed by atoms with Crippen LogP contribution in [0.3, 0.4) is 0 Å². The molecule has 0 bridgehead atoms. The maximum atomic E-state index is 2.94. The number of rotatable bonds is 0. The van der Waals surface area contributed by atoms with Crippen LogP contribution in [0.4, 0.5) is 0 Å². The Hall–Kier alpha value is 0. The van der Waals surface area contributed by atoms with E-state index < -0.39 is 0 Å². The average molecular weight is 655 g/mol. The van der Waals surface area contributed by atoms with Crippen molar-refractivity contribution in [1.29, 1.82) is 0 Å². The van der Waals surface area contributed by atoms with E-state index in [1.54, 1.807) is 0 Å². The van der Waals surface area contributed by atoms with E-state index in [2.05, 4.69) is 180 Å². The molecule has 0 aromatic rings. The van der Waals surface area contributed by atoms with Gasteiger partial charge in [0, 0.05) is 0 Å². The Morgan fingerprint density at radius 2 is 0.167 bits per heavy atom. The van der Waals surface area contributed by atoms with Crippen molar-refractivity contribution in [3.8, 4) is 0 Å². The summed E-state index contributed by atoms with van der Waals surface area (Å²) in [6.45, 7) is 75.7. The van der Waals surface area contributed by atoms with Gasteiger partial charge in [-0.1, -0.05) is 180 Å². The quantitative estimate of drug-likeness (QED) is 0.228. The van der Waals surface area contributed by atoms with Gasteiger partial charge >= 0.3 is 0 Å². The average Bonchev–Trinajstić information content (AvgIpc) is 3.02. The first-order chi connectivity index (χ1) is 20.8. The lowest BCUT2D eigenvalue weighted by Crippen LogP contribution is -3.17. The molecule has 0 aliphatic heterocycles. The van der Waals surface area contributed by atoms with Crippen LogP contribution >= 0.6 is 0 Å².